The maximum Gasteiger partial charge on any atom is 0.248 e. The summed E-state index contributed by atoms with van der Waals surface area (Å²) in [5, 5.41) is 10.7. The summed E-state index contributed by atoms with van der Waals surface area (Å²) in [7, 11) is 0. The number of anilines is 1. The molecule has 1 saturated carbocycles. The number of aliphatic hydroxyl groups excluding tert-OH is 1. The monoisotopic (exact) mass is 591 g/mol. The molecule has 3 aliphatic heterocycles. The van der Waals surface area contributed by atoms with Gasteiger partial charge in [-0.3, -0.25) is 14.4 Å². The number of likely N-dealkylation sites (tertiary alicyclic amines) is 1. The van der Waals surface area contributed by atoms with Gasteiger partial charge in [-0.2, -0.15) is 0 Å². The second-order valence-electron chi connectivity index (χ2n) is 13.3. The number of carbonyl (C=O) groups is 3. The molecular formula is C35H49N3O5. The van der Waals surface area contributed by atoms with Gasteiger partial charge in [0.2, 0.25) is 17.7 Å². The van der Waals surface area contributed by atoms with Gasteiger partial charge < -0.3 is 24.5 Å². The van der Waals surface area contributed by atoms with Gasteiger partial charge in [0.05, 0.1) is 30.1 Å². The fraction of sp³-hybridized carbons (Fsp3) is 0.629. The molecule has 1 aromatic rings. The van der Waals surface area contributed by atoms with E-state index >= 15 is 0 Å². The Bertz CT molecular complexity index is 1220. The van der Waals surface area contributed by atoms with E-state index in [-0.39, 0.29) is 42.8 Å². The van der Waals surface area contributed by atoms with Crippen LogP contribution >= 0.6 is 0 Å². The second-order valence-corrected chi connectivity index (χ2v) is 13.3. The Hall–Kier alpha value is -2.97. The third-order valence-electron chi connectivity index (χ3n) is 10.8. The molecule has 1 aromatic carbocycles. The molecule has 43 heavy (non-hydrogen) atoms. The Kier molecular flexibility index (Phi) is 9.19. The molecule has 234 valence electrons. The summed E-state index contributed by atoms with van der Waals surface area (Å²) in [4.78, 5) is 49.5. The third-order valence-corrected chi connectivity index (χ3v) is 10.8. The highest BCUT2D eigenvalue weighted by Gasteiger charge is 2.79. The minimum Gasteiger partial charge on any atom is -0.394 e. The lowest BCUT2D eigenvalue weighted by Gasteiger charge is -2.43. The van der Waals surface area contributed by atoms with Gasteiger partial charge in [0.25, 0.3) is 0 Å². The molecule has 1 spiro atoms. The van der Waals surface area contributed by atoms with E-state index in [0.717, 1.165) is 44.2 Å². The molecule has 2 unspecified atom stereocenters. The topological polar surface area (TPSA) is 90.4 Å². The molecule has 5 rings (SSSR count). The zero-order valence-corrected chi connectivity index (χ0v) is 26.1. The van der Waals surface area contributed by atoms with E-state index < -0.39 is 35.1 Å². The Morgan fingerprint density at radius 1 is 1.09 bits per heavy atom. The number of hydrogen-bond donors (Lipinski definition) is 1. The molecule has 2 bridgehead atoms. The number of benzene rings is 1. The van der Waals surface area contributed by atoms with Gasteiger partial charge in [0, 0.05) is 24.8 Å². The zero-order chi connectivity index (χ0) is 30.9. The summed E-state index contributed by atoms with van der Waals surface area (Å²) in [6, 6.07) is 8.01. The maximum atomic E-state index is 14.9. The van der Waals surface area contributed by atoms with Gasteiger partial charge in [-0.05, 0) is 50.7 Å². The van der Waals surface area contributed by atoms with E-state index in [4.69, 9.17) is 4.74 Å². The first-order chi connectivity index (χ1) is 20.7. The standard InChI is InChI=1S/C35H49N3O5/c1-6-21-36(25-15-11-9-12-16-25)31(40)28-29-32(41)38(27(23-39)24(4)8-3)30(35(29)20-19-34(28,5)43-35)33(42)37(22-7-2)26-17-13-10-14-18-26/h6-7,9,11-12,15-16,24,26-30,39H,1-2,8,10,13-14,17-23H2,3-5H3/t24-,27-,28+,29-,30?,34-,35?/m0/s1. The molecule has 1 aliphatic carbocycles. The minimum atomic E-state index is -1.14. The van der Waals surface area contributed by atoms with Crippen LogP contribution in [0.4, 0.5) is 5.69 Å². The predicted octanol–water partition coefficient (Wildman–Crippen LogP) is 4.72. The summed E-state index contributed by atoms with van der Waals surface area (Å²) < 4.78 is 6.94. The van der Waals surface area contributed by atoms with Gasteiger partial charge in [-0.25, -0.2) is 0 Å². The van der Waals surface area contributed by atoms with Crippen molar-refractivity contribution in [3.63, 3.8) is 0 Å². The van der Waals surface area contributed by atoms with Crippen LogP contribution < -0.4 is 4.90 Å². The van der Waals surface area contributed by atoms with E-state index in [2.05, 4.69) is 13.2 Å². The number of hydrogen-bond acceptors (Lipinski definition) is 5. The lowest BCUT2D eigenvalue weighted by Crippen LogP contribution is -2.61. The van der Waals surface area contributed by atoms with E-state index in [1.807, 2.05) is 56.0 Å². The molecule has 0 radical (unpaired) electrons. The van der Waals surface area contributed by atoms with E-state index in [9.17, 15) is 19.5 Å². The zero-order valence-electron chi connectivity index (χ0n) is 26.1. The predicted molar refractivity (Wildman–Crippen MR) is 167 cm³/mol. The van der Waals surface area contributed by atoms with E-state index in [1.54, 1.807) is 22.0 Å². The van der Waals surface area contributed by atoms with Crippen LogP contribution in [0.2, 0.25) is 0 Å². The first-order valence-electron chi connectivity index (χ1n) is 16.2. The number of amides is 3. The second kappa shape index (κ2) is 12.6. The molecule has 3 saturated heterocycles. The summed E-state index contributed by atoms with van der Waals surface area (Å²) in [6.07, 6.45) is 10.4. The van der Waals surface area contributed by atoms with Gasteiger partial charge in [0.1, 0.15) is 11.6 Å². The molecule has 3 heterocycles. The number of ether oxygens (including phenoxy) is 1. The van der Waals surface area contributed by atoms with Crippen molar-refractivity contribution in [2.75, 3.05) is 24.6 Å². The normalized spacial score (nSPS) is 31.4. The molecule has 1 N–H and O–H groups in total. The average Bonchev–Trinajstić information content (AvgIpc) is 3.60. The molecule has 7 atom stereocenters. The maximum absolute atomic E-state index is 14.9. The quantitative estimate of drug-likeness (QED) is 0.355. The number of carbonyl (C=O) groups excluding carboxylic acids is 3. The lowest BCUT2D eigenvalue weighted by molar-refractivity contribution is -0.157. The molecule has 0 aromatic heterocycles. The number of fused-ring (bicyclic) bond motifs is 1. The van der Waals surface area contributed by atoms with Gasteiger partial charge in [-0.15, -0.1) is 13.2 Å². The fourth-order valence-electron chi connectivity index (χ4n) is 8.53. The molecule has 4 fully saturated rings. The van der Waals surface area contributed by atoms with Crippen molar-refractivity contribution < 1.29 is 24.2 Å². The van der Waals surface area contributed by atoms with E-state index in [1.165, 1.54) is 0 Å². The lowest BCUT2D eigenvalue weighted by atomic mass is 9.66. The van der Waals surface area contributed by atoms with Gasteiger partial charge in [-0.1, -0.05) is 69.9 Å². The number of aliphatic hydroxyl groups is 1. The molecule has 3 amide bonds. The first kappa shape index (κ1) is 31.5. The Morgan fingerprint density at radius 3 is 2.37 bits per heavy atom. The molecular weight excluding hydrogens is 542 g/mol. The Morgan fingerprint density at radius 2 is 1.77 bits per heavy atom. The van der Waals surface area contributed by atoms with Crippen molar-refractivity contribution in [1.82, 2.24) is 9.80 Å². The van der Waals surface area contributed by atoms with Crippen LogP contribution in [0, 0.1) is 17.8 Å². The van der Waals surface area contributed by atoms with Crippen molar-refractivity contribution in [2.45, 2.75) is 101 Å². The third kappa shape index (κ3) is 5.14. The summed E-state index contributed by atoms with van der Waals surface area (Å²) in [5.41, 5.74) is -1.31. The Labute approximate surface area is 256 Å². The van der Waals surface area contributed by atoms with Crippen LogP contribution in [-0.4, -0.2) is 81.7 Å². The van der Waals surface area contributed by atoms with Crippen molar-refractivity contribution in [3.8, 4) is 0 Å². The number of nitrogens with zero attached hydrogens (tertiary/aromatic N) is 3. The minimum absolute atomic E-state index is 0.0504. The highest BCUT2D eigenvalue weighted by Crippen LogP contribution is 2.64. The largest absolute Gasteiger partial charge is 0.394 e. The number of para-hydroxylation sites is 1. The van der Waals surface area contributed by atoms with Crippen LogP contribution in [0.5, 0.6) is 0 Å². The molecule has 8 heteroatoms. The van der Waals surface area contributed by atoms with Crippen molar-refractivity contribution in [1.29, 1.82) is 0 Å². The Balaban J connectivity index is 1.61. The average molecular weight is 592 g/mol. The van der Waals surface area contributed by atoms with E-state index in [0.29, 0.717) is 19.4 Å². The highest BCUT2D eigenvalue weighted by atomic mass is 16.5. The molecule has 8 nitrogen and oxygen atoms in total. The summed E-state index contributed by atoms with van der Waals surface area (Å²) >= 11 is 0. The molecule has 4 aliphatic rings. The SMILES string of the molecule is C=CCN(C(=O)[C@H]1[C@H]2C(=O)N([C@@H](CO)[C@@H](C)CC)C(C(=O)N(CC=C)C3CCCCC3)C23CC[C@]1(C)O3)c1ccccc1. The van der Waals surface area contributed by atoms with Crippen LogP contribution in [0.25, 0.3) is 0 Å². The fourth-order valence-corrected chi connectivity index (χ4v) is 8.53. The van der Waals surface area contributed by atoms with Crippen LogP contribution in [0.1, 0.15) is 72.1 Å². The summed E-state index contributed by atoms with van der Waals surface area (Å²) in [5.74, 6) is -2.24. The van der Waals surface area contributed by atoms with Crippen molar-refractivity contribution >= 4 is 23.4 Å². The smallest absolute Gasteiger partial charge is 0.248 e. The van der Waals surface area contributed by atoms with Crippen LogP contribution in [0.15, 0.2) is 55.6 Å². The first-order valence-corrected chi connectivity index (χ1v) is 16.2. The highest BCUT2D eigenvalue weighted by molar-refractivity contribution is 6.03. The summed E-state index contributed by atoms with van der Waals surface area (Å²) in [6.45, 7) is 14.2. The van der Waals surface area contributed by atoms with Gasteiger partial charge in [0.15, 0.2) is 0 Å². The van der Waals surface area contributed by atoms with Crippen LogP contribution in [-0.2, 0) is 19.1 Å². The van der Waals surface area contributed by atoms with Gasteiger partial charge >= 0.3 is 0 Å². The number of rotatable bonds is 12. The van der Waals surface area contributed by atoms with Crippen molar-refractivity contribution in [2.24, 2.45) is 17.8 Å². The van der Waals surface area contributed by atoms with Crippen LogP contribution in [0.3, 0.4) is 0 Å². The van der Waals surface area contributed by atoms with Crippen molar-refractivity contribution in [3.05, 3.63) is 55.6 Å².